The topological polar surface area (TPSA) is 84.5 Å². The van der Waals surface area contributed by atoms with Crippen molar-refractivity contribution in [2.75, 3.05) is 10.0 Å². The molecule has 3 rings (SSSR count). The van der Waals surface area contributed by atoms with Gasteiger partial charge in [0.2, 0.25) is 0 Å². The molecule has 1 unspecified atom stereocenters. The average molecular weight is 439 g/mol. The number of hydrogen-bond acceptors (Lipinski definition) is 4. The summed E-state index contributed by atoms with van der Waals surface area (Å²) in [5.41, 5.74) is 2.75. The third kappa shape index (κ3) is 5.64. The lowest BCUT2D eigenvalue weighted by Gasteiger charge is -2.17. The van der Waals surface area contributed by atoms with E-state index in [9.17, 15) is 13.2 Å². The number of anilines is 2. The van der Waals surface area contributed by atoms with Gasteiger partial charge in [0.05, 0.1) is 10.6 Å². The molecular formula is C24H26N2O4S. The zero-order valence-electron chi connectivity index (χ0n) is 17.8. The number of rotatable bonds is 8. The molecule has 0 saturated heterocycles. The molecule has 0 aliphatic carbocycles. The van der Waals surface area contributed by atoms with Crippen LogP contribution in [0.15, 0.2) is 77.7 Å². The highest BCUT2D eigenvalue weighted by atomic mass is 32.2. The Morgan fingerprint density at radius 1 is 0.903 bits per heavy atom. The summed E-state index contributed by atoms with van der Waals surface area (Å²) in [6.07, 6.45) is -0.163. The maximum atomic E-state index is 12.8. The Morgan fingerprint density at radius 2 is 1.52 bits per heavy atom. The number of amides is 1. The summed E-state index contributed by atoms with van der Waals surface area (Å²) in [6.45, 7) is 5.57. The van der Waals surface area contributed by atoms with E-state index >= 15 is 0 Å². The molecule has 0 aliphatic rings. The van der Waals surface area contributed by atoms with E-state index in [1.54, 1.807) is 24.3 Å². The molecule has 2 N–H and O–H groups in total. The van der Waals surface area contributed by atoms with E-state index < -0.39 is 16.1 Å². The SMILES string of the molecule is CCC(Oc1ccccc1)C(=O)Nc1ccc(S(=O)(=O)Nc2c(C)cccc2C)cc1. The minimum atomic E-state index is -3.75. The Morgan fingerprint density at radius 3 is 2.10 bits per heavy atom. The van der Waals surface area contributed by atoms with Crippen LogP contribution < -0.4 is 14.8 Å². The maximum Gasteiger partial charge on any atom is 0.265 e. The third-order valence-corrected chi connectivity index (χ3v) is 6.20. The summed E-state index contributed by atoms with van der Waals surface area (Å²) < 4.78 is 34.0. The van der Waals surface area contributed by atoms with Crippen molar-refractivity contribution in [2.24, 2.45) is 0 Å². The summed E-state index contributed by atoms with van der Waals surface area (Å²) in [5, 5.41) is 2.78. The monoisotopic (exact) mass is 438 g/mol. The van der Waals surface area contributed by atoms with Crippen LogP contribution in [0.25, 0.3) is 0 Å². The van der Waals surface area contributed by atoms with Crippen LogP contribution >= 0.6 is 0 Å². The van der Waals surface area contributed by atoms with Crippen LogP contribution in [0, 0.1) is 13.8 Å². The number of sulfonamides is 1. The fourth-order valence-corrected chi connectivity index (χ4v) is 4.30. The van der Waals surface area contributed by atoms with Crippen molar-refractivity contribution in [1.82, 2.24) is 0 Å². The second-order valence-electron chi connectivity index (χ2n) is 7.21. The average Bonchev–Trinajstić information content (AvgIpc) is 2.76. The fraction of sp³-hybridized carbons (Fsp3) is 0.208. The van der Waals surface area contributed by atoms with Crippen LogP contribution in [0.1, 0.15) is 24.5 Å². The first kappa shape index (κ1) is 22.4. The molecule has 0 heterocycles. The summed E-state index contributed by atoms with van der Waals surface area (Å²) in [6, 6.07) is 20.8. The number of para-hydroxylation sites is 2. The standard InChI is InChI=1S/C24H26N2O4S/c1-4-22(30-20-11-6-5-7-12-20)24(27)25-19-13-15-21(16-14-19)31(28,29)26-23-17(2)9-8-10-18(23)3/h5-16,22,26H,4H2,1-3H3,(H,25,27). The van der Waals surface area contributed by atoms with Gasteiger partial charge in [-0.25, -0.2) is 8.42 Å². The number of hydrogen-bond donors (Lipinski definition) is 2. The van der Waals surface area contributed by atoms with Gasteiger partial charge in [0, 0.05) is 5.69 Å². The maximum absolute atomic E-state index is 12.8. The first-order valence-corrected chi connectivity index (χ1v) is 11.5. The largest absolute Gasteiger partial charge is 0.481 e. The molecule has 31 heavy (non-hydrogen) atoms. The normalized spacial score (nSPS) is 12.1. The van der Waals surface area contributed by atoms with Gasteiger partial charge in [0.25, 0.3) is 15.9 Å². The Kier molecular flexibility index (Phi) is 6.97. The van der Waals surface area contributed by atoms with E-state index in [0.29, 0.717) is 23.5 Å². The predicted molar refractivity (Wildman–Crippen MR) is 123 cm³/mol. The number of carbonyl (C=O) groups is 1. The van der Waals surface area contributed by atoms with E-state index in [0.717, 1.165) is 11.1 Å². The molecule has 0 aliphatic heterocycles. The van der Waals surface area contributed by atoms with Crippen molar-refractivity contribution in [1.29, 1.82) is 0 Å². The van der Waals surface area contributed by atoms with Crippen LogP contribution in [0.2, 0.25) is 0 Å². The van der Waals surface area contributed by atoms with E-state index in [1.807, 2.05) is 57.2 Å². The van der Waals surface area contributed by atoms with Gasteiger partial charge in [-0.15, -0.1) is 0 Å². The molecule has 0 bridgehead atoms. The van der Waals surface area contributed by atoms with Gasteiger partial charge in [-0.2, -0.15) is 0 Å². The van der Waals surface area contributed by atoms with Gasteiger partial charge in [-0.05, 0) is 67.8 Å². The van der Waals surface area contributed by atoms with Gasteiger partial charge in [0.15, 0.2) is 6.10 Å². The molecule has 3 aromatic carbocycles. The summed E-state index contributed by atoms with van der Waals surface area (Å²) >= 11 is 0. The van der Waals surface area contributed by atoms with E-state index in [1.165, 1.54) is 12.1 Å². The van der Waals surface area contributed by atoms with Crippen molar-refractivity contribution < 1.29 is 17.9 Å². The molecule has 1 atom stereocenters. The second-order valence-corrected chi connectivity index (χ2v) is 8.90. The highest BCUT2D eigenvalue weighted by Crippen LogP contribution is 2.24. The summed E-state index contributed by atoms with van der Waals surface area (Å²) in [5.74, 6) is 0.319. The second kappa shape index (κ2) is 9.66. The van der Waals surface area contributed by atoms with Crippen LogP contribution in [0.4, 0.5) is 11.4 Å². The molecule has 162 valence electrons. The Hall–Kier alpha value is -3.32. The fourth-order valence-electron chi connectivity index (χ4n) is 3.09. The van der Waals surface area contributed by atoms with Crippen LogP contribution in [0.5, 0.6) is 5.75 Å². The molecule has 0 aromatic heterocycles. The third-order valence-electron chi connectivity index (χ3n) is 4.83. The van der Waals surface area contributed by atoms with Crippen LogP contribution in [0.3, 0.4) is 0 Å². The Labute approximate surface area is 183 Å². The van der Waals surface area contributed by atoms with Gasteiger partial charge in [0.1, 0.15) is 5.75 Å². The van der Waals surface area contributed by atoms with Crippen molar-refractivity contribution in [3.8, 4) is 5.75 Å². The molecule has 0 radical (unpaired) electrons. The molecule has 0 fully saturated rings. The predicted octanol–water partition coefficient (Wildman–Crippen LogP) is 4.90. The molecule has 0 spiro atoms. The highest BCUT2D eigenvalue weighted by Gasteiger charge is 2.20. The number of ether oxygens (including phenoxy) is 1. The lowest BCUT2D eigenvalue weighted by molar-refractivity contribution is -0.122. The molecular weight excluding hydrogens is 412 g/mol. The Bertz CT molecular complexity index is 1120. The van der Waals surface area contributed by atoms with Crippen LogP contribution in [-0.4, -0.2) is 20.4 Å². The quantitative estimate of drug-likeness (QED) is 0.524. The van der Waals surface area contributed by atoms with Crippen molar-refractivity contribution >= 4 is 27.3 Å². The van der Waals surface area contributed by atoms with E-state index in [-0.39, 0.29) is 10.8 Å². The van der Waals surface area contributed by atoms with Gasteiger partial charge in [-0.3, -0.25) is 9.52 Å². The van der Waals surface area contributed by atoms with E-state index in [2.05, 4.69) is 10.0 Å². The first-order chi connectivity index (χ1) is 14.8. The lowest BCUT2D eigenvalue weighted by Crippen LogP contribution is -2.32. The number of carbonyl (C=O) groups excluding carboxylic acids is 1. The number of nitrogens with one attached hydrogen (secondary N) is 2. The van der Waals surface area contributed by atoms with Crippen molar-refractivity contribution in [2.45, 2.75) is 38.2 Å². The number of aryl methyl sites for hydroxylation is 2. The Balaban J connectivity index is 1.69. The zero-order valence-corrected chi connectivity index (χ0v) is 18.6. The van der Waals surface area contributed by atoms with Gasteiger partial charge < -0.3 is 10.1 Å². The van der Waals surface area contributed by atoms with Gasteiger partial charge in [-0.1, -0.05) is 43.3 Å². The smallest absolute Gasteiger partial charge is 0.265 e. The van der Waals surface area contributed by atoms with Crippen molar-refractivity contribution in [3.63, 3.8) is 0 Å². The molecule has 0 saturated carbocycles. The minimum Gasteiger partial charge on any atom is -0.481 e. The molecule has 6 nitrogen and oxygen atoms in total. The zero-order chi connectivity index (χ0) is 22.4. The van der Waals surface area contributed by atoms with Crippen molar-refractivity contribution in [3.05, 3.63) is 83.9 Å². The molecule has 3 aromatic rings. The lowest BCUT2D eigenvalue weighted by atomic mass is 10.1. The number of benzene rings is 3. The molecule has 7 heteroatoms. The van der Waals surface area contributed by atoms with E-state index in [4.69, 9.17) is 4.74 Å². The first-order valence-electron chi connectivity index (χ1n) is 10.0. The highest BCUT2D eigenvalue weighted by molar-refractivity contribution is 7.92. The summed E-state index contributed by atoms with van der Waals surface area (Å²) in [7, 11) is -3.75. The van der Waals surface area contributed by atoms with Crippen LogP contribution in [-0.2, 0) is 14.8 Å². The molecule has 1 amide bonds. The van der Waals surface area contributed by atoms with Gasteiger partial charge >= 0.3 is 0 Å². The summed E-state index contributed by atoms with van der Waals surface area (Å²) in [4.78, 5) is 12.7. The minimum absolute atomic E-state index is 0.112.